The minimum atomic E-state index is -4.43. The highest BCUT2D eigenvalue weighted by Gasteiger charge is 2.33. The van der Waals surface area contributed by atoms with Gasteiger partial charge in [0.2, 0.25) is 5.95 Å². The quantitative estimate of drug-likeness (QED) is 0.529. The summed E-state index contributed by atoms with van der Waals surface area (Å²) < 4.78 is 40.1. The zero-order valence-electron chi connectivity index (χ0n) is 16.8. The highest BCUT2D eigenvalue weighted by Crippen LogP contribution is 2.39. The van der Waals surface area contributed by atoms with E-state index in [9.17, 15) is 18.0 Å². The predicted octanol–water partition coefficient (Wildman–Crippen LogP) is 3.95. The largest absolute Gasteiger partial charge is 0.416 e. The molecule has 2 aliphatic heterocycles. The first-order chi connectivity index (χ1) is 14.9. The molecule has 11 heteroatoms. The molecule has 1 N–H and O–H groups in total. The van der Waals surface area contributed by atoms with Gasteiger partial charge in [0.05, 0.1) is 16.1 Å². The number of carbonyl (C=O) groups excluding carboxylic acids is 1. The number of aromatic nitrogens is 2. The predicted molar refractivity (Wildman–Crippen MR) is 113 cm³/mol. The fourth-order valence-electron chi connectivity index (χ4n) is 3.59. The third-order valence-electron chi connectivity index (χ3n) is 5.28. The van der Waals surface area contributed by atoms with Crippen LogP contribution in [0, 0.1) is 0 Å². The maximum atomic E-state index is 12.9. The van der Waals surface area contributed by atoms with E-state index in [4.69, 9.17) is 0 Å². The maximum absolute atomic E-state index is 12.9. The average molecular weight is 453 g/mol. The average Bonchev–Trinajstić information content (AvgIpc) is 2.77. The zero-order chi connectivity index (χ0) is 21.8. The SMILES string of the molecule is O=C1Nc2cc(C(F)(F)F)ccc2SN1CCCCN1CCN(c2ncccn2)CC1. The van der Waals surface area contributed by atoms with Crippen LogP contribution in [0.1, 0.15) is 18.4 Å². The molecule has 2 aliphatic rings. The molecule has 0 atom stereocenters. The van der Waals surface area contributed by atoms with E-state index in [0.29, 0.717) is 11.4 Å². The molecule has 0 bridgehead atoms. The van der Waals surface area contributed by atoms with Crippen LogP contribution < -0.4 is 10.2 Å². The van der Waals surface area contributed by atoms with Crippen molar-refractivity contribution in [3.63, 3.8) is 0 Å². The number of hydrogen-bond donors (Lipinski definition) is 1. The summed E-state index contributed by atoms with van der Waals surface area (Å²) in [5, 5.41) is 2.57. The lowest BCUT2D eigenvalue weighted by molar-refractivity contribution is -0.137. The van der Waals surface area contributed by atoms with E-state index in [2.05, 4.69) is 25.1 Å². The van der Waals surface area contributed by atoms with Crippen molar-refractivity contribution in [1.82, 2.24) is 19.2 Å². The van der Waals surface area contributed by atoms with Gasteiger partial charge >= 0.3 is 12.2 Å². The Balaban J connectivity index is 1.20. The minimum Gasteiger partial charge on any atom is -0.338 e. The number of piperazine rings is 1. The van der Waals surface area contributed by atoms with Gasteiger partial charge in [0.1, 0.15) is 0 Å². The van der Waals surface area contributed by atoms with Crippen LogP contribution in [0.3, 0.4) is 0 Å². The molecule has 1 saturated heterocycles. The monoisotopic (exact) mass is 452 g/mol. The molecule has 0 radical (unpaired) electrons. The summed E-state index contributed by atoms with van der Waals surface area (Å²) in [7, 11) is 0. The first kappa shape index (κ1) is 21.7. The van der Waals surface area contributed by atoms with Gasteiger partial charge < -0.3 is 10.2 Å². The van der Waals surface area contributed by atoms with Crippen molar-refractivity contribution in [2.24, 2.45) is 0 Å². The molecule has 1 aromatic heterocycles. The van der Waals surface area contributed by atoms with Crippen molar-refractivity contribution in [3.8, 4) is 0 Å². The van der Waals surface area contributed by atoms with E-state index < -0.39 is 11.7 Å². The van der Waals surface area contributed by atoms with Crippen LogP contribution in [-0.2, 0) is 6.18 Å². The van der Waals surface area contributed by atoms with Crippen molar-refractivity contribution in [2.45, 2.75) is 23.9 Å². The normalized spacial score (nSPS) is 17.5. The summed E-state index contributed by atoms with van der Waals surface area (Å²) in [6.45, 7) is 5.11. The van der Waals surface area contributed by atoms with E-state index in [0.717, 1.165) is 63.6 Å². The van der Waals surface area contributed by atoms with E-state index >= 15 is 0 Å². The Morgan fingerprint density at radius 1 is 1.03 bits per heavy atom. The molecule has 31 heavy (non-hydrogen) atoms. The summed E-state index contributed by atoms with van der Waals surface area (Å²) in [4.78, 5) is 26.0. The van der Waals surface area contributed by atoms with Gasteiger partial charge in [-0.05, 0) is 55.6 Å². The Labute approximate surface area is 182 Å². The molecule has 0 aliphatic carbocycles. The van der Waals surface area contributed by atoms with Gasteiger partial charge in [0.15, 0.2) is 0 Å². The molecule has 2 aromatic rings. The molecular weight excluding hydrogens is 429 g/mol. The van der Waals surface area contributed by atoms with E-state index in [-0.39, 0.29) is 11.7 Å². The van der Waals surface area contributed by atoms with Crippen LogP contribution in [0.4, 0.5) is 29.6 Å². The number of unbranched alkanes of at least 4 members (excludes halogenated alkanes) is 1. The maximum Gasteiger partial charge on any atom is 0.416 e. The topological polar surface area (TPSA) is 64.6 Å². The smallest absolute Gasteiger partial charge is 0.338 e. The van der Waals surface area contributed by atoms with Crippen molar-refractivity contribution in [3.05, 3.63) is 42.2 Å². The molecule has 1 fully saturated rings. The Morgan fingerprint density at radius 3 is 2.45 bits per heavy atom. The fourth-order valence-corrected chi connectivity index (χ4v) is 4.51. The molecule has 0 unspecified atom stereocenters. The lowest BCUT2D eigenvalue weighted by atomic mass is 10.2. The summed E-state index contributed by atoms with van der Waals surface area (Å²) in [6.07, 6.45) is 0.819. The number of hydrogen-bond acceptors (Lipinski definition) is 6. The summed E-state index contributed by atoms with van der Waals surface area (Å²) in [5.41, 5.74) is -0.555. The highest BCUT2D eigenvalue weighted by atomic mass is 32.2. The lowest BCUT2D eigenvalue weighted by Crippen LogP contribution is -2.47. The number of alkyl halides is 3. The third kappa shape index (κ3) is 5.40. The second-order valence-corrected chi connectivity index (χ2v) is 8.48. The molecule has 1 aromatic carbocycles. The zero-order valence-corrected chi connectivity index (χ0v) is 17.6. The number of halogens is 3. The molecular formula is C20H23F3N6OS. The van der Waals surface area contributed by atoms with Crippen LogP contribution in [-0.4, -0.2) is 64.5 Å². The number of fused-ring (bicyclic) bond motifs is 1. The number of amides is 2. The molecule has 4 rings (SSSR count). The number of urea groups is 1. The van der Waals surface area contributed by atoms with Crippen molar-refractivity contribution in [2.75, 3.05) is 49.5 Å². The number of nitrogens with one attached hydrogen (secondary N) is 1. The van der Waals surface area contributed by atoms with Gasteiger partial charge in [-0.15, -0.1) is 0 Å². The fraction of sp³-hybridized carbons (Fsp3) is 0.450. The molecule has 7 nitrogen and oxygen atoms in total. The Bertz CT molecular complexity index is 906. The van der Waals surface area contributed by atoms with E-state index in [1.54, 1.807) is 22.8 Å². The summed E-state index contributed by atoms with van der Waals surface area (Å²) >= 11 is 1.19. The van der Waals surface area contributed by atoms with Crippen LogP contribution in [0.25, 0.3) is 0 Å². The molecule has 0 spiro atoms. The molecule has 2 amide bonds. The Kier molecular flexibility index (Phi) is 6.51. The molecule has 3 heterocycles. The Morgan fingerprint density at radius 2 is 1.74 bits per heavy atom. The number of benzene rings is 1. The molecule has 0 saturated carbocycles. The second kappa shape index (κ2) is 9.31. The lowest BCUT2D eigenvalue weighted by Gasteiger charge is -2.34. The Hall–Kier alpha value is -2.53. The van der Waals surface area contributed by atoms with Gasteiger partial charge in [0.25, 0.3) is 0 Å². The number of nitrogens with zero attached hydrogens (tertiary/aromatic N) is 5. The number of rotatable bonds is 6. The third-order valence-corrected chi connectivity index (χ3v) is 6.40. The molecule has 166 valence electrons. The van der Waals surface area contributed by atoms with Crippen LogP contribution in [0.2, 0.25) is 0 Å². The van der Waals surface area contributed by atoms with E-state index in [1.807, 2.05) is 0 Å². The van der Waals surface area contributed by atoms with Gasteiger partial charge in [0, 0.05) is 45.1 Å². The number of carbonyl (C=O) groups is 1. The van der Waals surface area contributed by atoms with Gasteiger partial charge in [-0.3, -0.25) is 9.21 Å². The van der Waals surface area contributed by atoms with Crippen LogP contribution >= 0.6 is 11.9 Å². The first-order valence-electron chi connectivity index (χ1n) is 10.1. The van der Waals surface area contributed by atoms with Gasteiger partial charge in [-0.2, -0.15) is 13.2 Å². The van der Waals surface area contributed by atoms with Crippen molar-refractivity contribution >= 4 is 29.6 Å². The van der Waals surface area contributed by atoms with Crippen LogP contribution in [0.15, 0.2) is 41.6 Å². The highest BCUT2D eigenvalue weighted by molar-refractivity contribution is 7.97. The second-order valence-electron chi connectivity index (χ2n) is 7.42. The summed E-state index contributed by atoms with van der Waals surface area (Å²) in [5.74, 6) is 0.762. The van der Waals surface area contributed by atoms with E-state index in [1.165, 1.54) is 18.0 Å². The first-order valence-corrected chi connectivity index (χ1v) is 10.9. The van der Waals surface area contributed by atoms with Crippen LogP contribution in [0.5, 0.6) is 0 Å². The van der Waals surface area contributed by atoms with Crippen molar-refractivity contribution in [1.29, 1.82) is 0 Å². The standard InChI is InChI=1S/C20H23F3N6OS/c21-20(22,23)15-4-5-17-16(14-15)26-19(30)29(31-17)9-2-1-8-27-10-12-28(13-11-27)18-24-6-3-7-25-18/h3-7,14H,1-2,8-13H2,(H,26,30). The van der Waals surface area contributed by atoms with Crippen molar-refractivity contribution < 1.29 is 18.0 Å². The number of anilines is 2. The van der Waals surface area contributed by atoms with Gasteiger partial charge in [-0.25, -0.2) is 14.8 Å². The minimum absolute atomic E-state index is 0.210. The summed E-state index contributed by atoms with van der Waals surface area (Å²) in [6, 6.07) is 4.86. The van der Waals surface area contributed by atoms with Gasteiger partial charge in [-0.1, -0.05) is 0 Å².